The van der Waals surface area contributed by atoms with E-state index in [1.54, 1.807) is 0 Å². The van der Waals surface area contributed by atoms with Crippen molar-refractivity contribution in [2.75, 3.05) is 26.2 Å². The Morgan fingerprint density at radius 3 is 2.56 bits per heavy atom. The number of nitrogens with two attached hydrogens (primary N) is 1. The van der Waals surface area contributed by atoms with Crippen LogP contribution in [0.2, 0.25) is 0 Å². The summed E-state index contributed by atoms with van der Waals surface area (Å²) >= 11 is 0. The Labute approximate surface area is 113 Å². The molecule has 0 saturated heterocycles. The molecule has 3 N–H and O–H groups in total. The van der Waals surface area contributed by atoms with Crippen molar-refractivity contribution in [3.63, 3.8) is 0 Å². The molecular weight excluding hydrogens is 224 g/mol. The summed E-state index contributed by atoms with van der Waals surface area (Å²) in [5, 5.41) is 9.12. The van der Waals surface area contributed by atoms with Crippen molar-refractivity contribution in [3.05, 3.63) is 0 Å². The second-order valence-corrected chi connectivity index (χ2v) is 5.92. The quantitative estimate of drug-likeness (QED) is 0.700. The van der Waals surface area contributed by atoms with Gasteiger partial charge in [-0.15, -0.1) is 0 Å². The highest BCUT2D eigenvalue weighted by Gasteiger charge is 2.28. The summed E-state index contributed by atoms with van der Waals surface area (Å²) in [5.41, 5.74) is 6.29. The third-order valence-electron chi connectivity index (χ3n) is 4.30. The normalized spacial score (nSPS) is 28.8. The fourth-order valence-electron chi connectivity index (χ4n) is 3.35. The summed E-state index contributed by atoms with van der Waals surface area (Å²) in [4.78, 5) is 2.39. The van der Waals surface area contributed by atoms with Crippen molar-refractivity contribution in [3.8, 4) is 0 Å². The minimum absolute atomic E-state index is 0.264. The summed E-state index contributed by atoms with van der Waals surface area (Å²) in [7, 11) is 0. The number of nitrogens with zero attached hydrogens (tertiary/aromatic N) is 1. The van der Waals surface area contributed by atoms with Crippen LogP contribution in [0.4, 0.5) is 0 Å². The fraction of sp³-hybridized carbons (Fsp3) is 1.00. The van der Waals surface area contributed by atoms with Crippen molar-refractivity contribution in [2.24, 2.45) is 17.6 Å². The van der Waals surface area contributed by atoms with E-state index in [1.807, 2.05) is 0 Å². The van der Waals surface area contributed by atoms with Crippen LogP contribution >= 0.6 is 0 Å². The monoisotopic (exact) mass is 256 g/mol. The zero-order chi connectivity index (χ0) is 13.4. The van der Waals surface area contributed by atoms with E-state index in [-0.39, 0.29) is 6.61 Å². The molecule has 0 aromatic rings. The largest absolute Gasteiger partial charge is 0.395 e. The minimum Gasteiger partial charge on any atom is -0.395 e. The molecule has 0 bridgehead atoms. The Morgan fingerprint density at radius 2 is 1.94 bits per heavy atom. The summed E-state index contributed by atoms with van der Waals surface area (Å²) in [6, 6.07) is 0.371. The molecule has 1 fully saturated rings. The zero-order valence-corrected chi connectivity index (χ0v) is 12.3. The van der Waals surface area contributed by atoms with Gasteiger partial charge in [-0.1, -0.05) is 26.7 Å². The summed E-state index contributed by atoms with van der Waals surface area (Å²) in [6.07, 6.45) is 7.60. The first kappa shape index (κ1) is 15.9. The molecule has 1 aliphatic carbocycles. The van der Waals surface area contributed by atoms with Crippen LogP contribution in [0, 0.1) is 11.8 Å². The van der Waals surface area contributed by atoms with Gasteiger partial charge >= 0.3 is 0 Å². The first-order valence-corrected chi connectivity index (χ1v) is 7.80. The lowest BCUT2D eigenvalue weighted by Gasteiger charge is -2.37. The Bertz CT molecular complexity index is 205. The predicted octanol–water partition coefficient (Wildman–Crippen LogP) is 2.23. The van der Waals surface area contributed by atoms with Gasteiger partial charge in [0.05, 0.1) is 6.61 Å². The van der Waals surface area contributed by atoms with E-state index in [4.69, 9.17) is 10.8 Å². The number of aliphatic hydroxyl groups is 1. The standard InChI is InChI=1S/C15H32N2O/c1-3-5-13-6-7-15(16)14(11-13)12-17(8-4-2)9-10-18/h13-15,18H,3-12,16H2,1-2H3. The fourth-order valence-corrected chi connectivity index (χ4v) is 3.35. The van der Waals surface area contributed by atoms with Gasteiger partial charge in [0.1, 0.15) is 0 Å². The van der Waals surface area contributed by atoms with Crippen molar-refractivity contribution in [1.29, 1.82) is 0 Å². The average Bonchev–Trinajstić information content (AvgIpc) is 2.34. The van der Waals surface area contributed by atoms with Crippen molar-refractivity contribution < 1.29 is 5.11 Å². The van der Waals surface area contributed by atoms with Gasteiger partial charge in [-0.05, 0) is 44.1 Å². The van der Waals surface area contributed by atoms with E-state index < -0.39 is 0 Å². The molecule has 3 nitrogen and oxygen atoms in total. The van der Waals surface area contributed by atoms with Crippen molar-refractivity contribution in [2.45, 2.75) is 58.4 Å². The molecule has 0 aromatic carbocycles. The molecule has 0 spiro atoms. The van der Waals surface area contributed by atoms with Gasteiger partial charge in [-0.3, -0.25) is 0 Å². The van der Waals surface area contributed by atoms with E-state index in [1.165, 1.54) is 32.1 Å². The molecule has 3 atom stereocenters. The molecular formula is C15H32N2O. The van der Waals surface area contributed by atoms with Crippen LogP contribution < -0.4 is 5.73 Å². The first-order chi connectivity index (χ1) is 8.71. The minimum atomic E-state index is 0.264. The predicted molar refractivity (Wildman–Crippen MR) is 77.5 cm³/mol. The van der Waals surface area contributed by atoms with Gasteiger partial charge in [0.25, 0.3) is 0 Å². The molecule has 3 unspecified atom stereocenters. The van der Waals surface area contributed by atoms with Crippen LogP contribution in [0.1, 0.15) is 52.4 Å². The molecule has 0 radical (unpaired) electrons. The van der Waals surface area contributed by atoms with Gasteiger partial charge < -0.3 is 15.7 Å². The van der Waals surface area contributed by atoms with Crippen LogP contribution in [-0.2, 0) is 0 Å². The molecule has 0 amide bonds. The smallest absolute Gasteiger partial charge is 0.0558 e. The van der Waals surface area contributed by atoms with Crippen LogP contribution in [0.5, 0.6) is 0 Å². The molecule has 1 aliphatic rings. The Hall–Kier alpha value is -0.120. The topological polar surface area (TPSA) is 49.5 Å². The average molecular weight is 256 g/mol. The van der Waals surface area contributed by atoms with Crippen LogP contribution in [0.3, 0.4) is 0 Å². The number of hydrogen-bond acceptors (Lipinski definition) is 3. The number of rotatable bonds is 8. The second-order valence-electron chi connectivity index (χ2n) is 5.92. The van der Waals surface area contributed by atoms with Gasteiger partial charge in [0.15, 0.2) is 0 Å². The highest BCUT2D eigenvalue weighted by molar-refractivity contribution is 4.84. The third kappa shape index (κ3) is 5.25. The maximum Gasteiger partial charge on any atom is 0.0558 e. The molecule has 1 saturated carbocycles. The van der Waals surface area contributed by atoms with E-state index in [2.05, 4.69) is 18.7 Å². The molecule has 0 aromatic heterocycles. The van der Waals surface area contributed by atoms with E-state index in [9.17, 15) is 0 Å². The Morgan fingerprint density at radius 1 is 1.17 bits per heavy atom. The van der Waals surface area contributed by atoms with Crippen LogP contribution in [-0.4, -0.2) is 42.3 Å². The molecule has 1 rings (SSSR count). The van der Waals surface area contributed by atoms with Crippen LogP contribution in [0.15, 0.2) is 0 Å². The van der Waals surface area contributed by atoms with Crippen LogP contribution in [0.25, 0.3) is 0 Å². The molecule has 0 heterocycles. The lowest BCUT2D eigenvalue weighted by molar-refractivity contribution is 0.131. The molecule has 18 heavy (non-hydrogen) atoms. The van der Waals surface area contributed by atoms with E-state index >= 15 is 0 Å². The van der Waals surface area contributed by atoms with Gasteiger partial charge in [0.2, 0.25) is 0 Å². The first-order valence-electron chi connectivity index (χ1n) is 7.80. The van der Waals surface area contributed by atoms with E-state index in [0.29, 0.717) is 12.0 Å². The lowest BCUT2D eigenvalue weighted by atomic mass is 9.76. The van der Waals surface area contributed by atoms with Crippen molar-refractivity contribution in [1.82, 2.24) is 4.90 Å². The molecule has 3 heteroatoms. The highest BCUT2D eigenvalue weighted by Crippen LogP contribution is 2.31. The molecule has 108 valence electrons. The van der Waals surface area contributed by atoms with Gasteiger partial charge in [-0.25, -0.2) is 0 Å². The number of aliphatic hydroxyl groups excluding tert-OH is 1. The maximum absolute atomic E-state index is 9.12. The summed E-state index contributed by atoms with van der Waals surface area (Å²) < 4.78 is 0. The Kier molecular flexibility index (Phi) is 7.87. The number of hydrogen-bond donors (Lipinski definition) is 2. The lowest BCUT2D eigenvalue weighted by Crippen LogP contribution is -2.44. The van der Waals surface area contributed by atoms with Crippen molar-refractivity contribution >= 4 is 0 Å². The zero-order valence-electron chi connectivity index (χ0n) is 12.3. The SMILES string of the molecule is CCCC1CCC(N)C(CN(CCC)CCO)C1. The third-order valence-corrected chi connectivity index (χ3v) is 4.30. The second kappa shape index (κ2) is 8.89. The highest BCUT2D eigenvalue weighted by atomic mass is 16.3. The summed E-state index contributed by atoms with van der Waals surface area (Å²) in [6.45, 7) is 7.71. The maximum atomic E-state index is 9.12. The van der Waals surface area contributed by atoms with Gasteiger partial charge in [0, 0.05) is 19.1 Å². The molecule has 0 aliphatic heterocycles. The summed E-state index contributed by atoms with van der Waals surface area (Å²) in [5.74, 6) is 1.52. The Balaban J connectivity index is 2.44. The van der Waals surface area contributed by atoms with Gasteiger partial charge in [-0.2, -0.15) is 0 Å². The van der Waals surface area contributed by atoms with E-state index in [0.717, 1.165) is 32.0 Å².